The molecule has 0 N–H and O–H groups in total. The van der Waals surface area contributed by atoms with Gasteiger partial charge >= 0.3 is 12.1 Å². The van der Waals surface area contributed by atoms with Crippen molar-refractivity contribution >= 4 is 16.9 Å². The first-order chi connectivity index (χ1) is 15.1. The lowest BCUT2D eigenvalue weighted by Crippen LogP contribution is -2.26. The molecule has 0 aliphatic rings. The Kier molecular flexibility index (Phi) is 6.76. The molecule has 0 saturated carbocycles. The van der Waals surface area contributed by atoms with E-state index in [1.165, 1.54) is 31.2 Å². The maximum Gasteiger partial charge on any atom is 0.453 e. The predicted octanol–water partition coefficient (Wildman–Crippen LogP) is 5.50. The SMILES string of the molecule is CCOC(=O)[C@H](C)Oc1ccc2c(=O)c(Oc3ccc(CC)cc3)c(C(F)(F)F)oc2c1. The van der Waals surface area contributed by atoms with E-state index in [2.05, 4.69) is 0 Å². The maximum atomic E-state index is 13.7. The second kappa shape index (κ2) is 9.33. The van der Waals surface area contributed by atoms with Crippen LogP contribution in [-0.4, -0.2) is 18.7 Å². The highest BCUT2D eigenvalue weighted by molar-refractivity contribution is 5.80. The first-order valence-corrected chi connectivity index (χ1v) is 9.92. The Hall–Kier alpha value is -3.49. The molecule has 1 aromatic heterocycles. The number of ether oxygens (including phenoxy) is 3. The van der Waals surface area contributed by atoms with E-state index in [4.69, 9.17) is 18.6 Å². The van der Waals surface area contributed by atoms with Crippen LogP contribution in [0.5, 0.6) is 17.2 Å². The number of hydrogen-bond donors (Lipinski definition) is 0. The molecular formula is C23H21F3O6. The number of alkyl halides is 3. The average Bonchev–Trinajstić information content (AvgIpc) is 2.75. The molecule has 0 bridgehead atoms. The van der Waals surface area contributed by atoms with Gasteiger partial charge in [-0.25, -0.2) is 4.79 Å². The summed E-state index contributed by atoms with van der Waals surface area (Å²) >= 11 is 0. The van der Waals surface area contributed by atoms with E-state index in [1.807, 2.05) is 6.92 Å². The van der Waals surface area contributed by atoms with Crippen LogP contribution in [0, 0.1) is 0 Å². The third kappa shape index (κ3) is 5.04. The Labute approximate surface area is 181 Å². The molecule has 0 spiro atoms. The zero-order valence-electron chi connectivity index (χ0n) is 17.6. The molecule has 32 heavy (non-hydrogen) atoms. The molecule has 0 radical (unpaired) electrons. The highest BCUT2D eigenvalue weighted by atomic mass is 19.4. The van der Waals surface area contributed by atoms with E-state index in [0.717, 1.165) is 18.1 Å². The highest BCUT2D eigenvalue weighted by Gasteiger charge is 2.40. The second-order valence-electron chi connectivity index (χ2n) is 6.86. The number of halogens is 3. The highest BCUT2D eigenvalue weighted by Crippen LogP contribution is 2.38. The number of benzene rings is 2. The molecule has 170 valence electrons. The Morgan fingerprint density at radius 2 is 1.72 bits per heavy atom. The Morgan fingerprint density at radius 1 is 1.06 bits per heavy atom. The van der Waals surface area contributed by atoms with Gasteiger partial charge in [0.25, 0.3) is 5.76 Å². The number of hydrogen-bond acceptors (Lipinski definition) is 6. The minimum absolute atomic E-state index is 0.0400. The summed E-state index contributed by atoms with van der Waals surface area (Å²) in [6.07, 6.45) is -5.25. The van der Waals surface area contributed by atoms with Crippen LogP contribution in [0.2, 0.25) is 0 Å². The first-order valence-electron chi connectivity index (χ1n) is 9.92. The Balaban J connectivity index is 2.03. The molecule has 3 rings (SSSR count). The number of rotatable bonds is 7. The van der Waals surface area contributed by atoms with Gasteiger partial charge < -0.3 is 18.6 Å². The van der Waals surface area contributed by atoms with Crippen LogP contribution < -0.4 is 14.9 Å². The van der Waals surface area contributed by atoms with Gasteiger partial charge in [0, 0.05) is 6.07 Å². The quantitative estimate of drug-likeness (QED) is 0.443. The molecule has 1 atom stereocenters. The fraction of sp³-hybridized carbons (Fsp3) is 0.304. The van der Waals surface area contributed by atoms with Crippen molar-refractivity contribution in [2.45, 2.75) is 39.5 Å². The fourth-order valence-corrected chi connectivity index (χ4v) is 2.93. The fourth-order valence-electron chi connectivity index (χ4n) is 2.93. The van der Waals surface area contributed by atoms with Crippen LogP contribution >= 0.6 is 0 Å². The number of esters is 1. The van der Waals surface area contributed by atoms with Crippen molar-refractivity contribution in [3.05, 3.63) is 64.0 Å². The van der Waals surface area contributed by atoms with Crippen LogP contribution in [0.4, 0.5) is 13.2 Å². The predicted molar refractivity (Wildman–Crippen MR) is 110 cm³/mol. The molecule has 1 heterocycles. The summed E-state index contributed by atoms with van der Waals surface area (Å²) < 4.78 is 61.6. The molecule has 3 aromatic rings. The Bertz CT molecular complexity index is 1170. The van der Waals surface area contributed by atoms with Gasteiger partial charge in [0.05, 0.1) is 12.0 Å². The van der Waals surface area contributed by atoms with Crippen LogP contribution in [0.15, 0.2) is 51.7 Å². The summed E-state index contributed by atoms with van der Waals surface area (Å²) in [5.74, 6) is -3.04. The van der Waals surface area contributed by atoms with Gasteiger partial charge in [-0.15, -0.1) is 0 Å². The molecular weight excluding hydrogens is 429 g/mol. The third-order valence-electron chi connectivity index (χ3n) is 4.56. The Morgan fingerprint density at radius 3 is 2.31 bits per heavy atom. The number of carbonyl (C=O) groups excluding carboxylic acids is 1. The lowest BCUT2D eigenvalue weighted by atomic mass is 10.1. The van der Waals surface area contributed by atoms with Crippen molar-refractivity contribution in [2.75, 3.05) is 6.61 Å². The average molecular weight is 450 g/mol. The minimum Gasteiger partial charge on any atom is -0.479 e. The topological polar surface area (TPSA) is 75.0 Å². The summed E-state index contributed by atoms with van der Waals surface area (Å²) in [7, 11) is 0. The van der Waals surface area contributed by atoms with Gasteiger partial charge in [0.2, 0.25) is 11.2 Å². The van der Waals surface area contributed by atoms with Crippen molar-refractivity contribution in [3.63, 3.8) is 0 Å². The zero-order valence-corrected chi connectivity index (χ0v) is 17.6. The van der Waals surface area contributed by atoms with Gasteiger partial charge in [0.15, 0.2) is 6.10 Å². The molecule has 6 nitrogen and oxygen atoms in total. The van der Waals surface area contributed by atoms with Crippen LogP contribution in [0.1, 0.15) is 32.1 Å². The monoisotopic (exact) mass is 450 g/mol. The van der Waals surface area contributed by atoms with E-state index in [9.17, 15) is 22.8 Å². The minimum atomic E-state index is -4.98. The standard InChI is InChI=1S/C23H21F3O6/c1-4-14-6-8-15(9-7-14)31-20-19(27)17-11-10-16(30-13(3)22(28)29-5-2)12-18(17)32-21(20)23(24,25)26/h6-13H,4-5H2,1-3H3/t13-/m0/s1. The summed E-state index contributed by atoms with van der Waals surface area (Å²) in [6.45, 7) is 5.14. The van der Waals surface area contributed by atoms with Crippen molar-refractivity contribution < 1.29 is 36.6 Å². The van der Waals surface area contributed by atoms with E-state index >= 15 is 0 Å². The lowest BCUT2D eigenvalue weighted by Gasteiger charge is -2.15. The third-order valence-corrected chi connectivity index (χ3v) is 4.56. The first kappa shape index (κ1) is 23.2. The molecule has 0 aliphatic heterocycles. The molecule has 0 fully saturated rings. The summed E-state index contributed by atoms with van der Waals surface area (Å²) in [5, 5.41) is -0.130. The van der Waals surface area contributed by atoms with Gasteiger partial charge in [-0.05, 0) is 50.1 Å². The number of fused-ring (bicyclic) bond motifs is 1. The lowest BCUT2D eigenvalue weighted by molar-refractivity contribution is -0.154. The summed E-state index contributed by atoms with van der Waals surface area (Å²) in [5.41, 5.74) is -0.379. The van der Waals surface area contributed by atoms with Crippen LogP contribution in [-0.2, 0) is 22.1 Å². The van der Waals surface area contributed by atoms with Crippen molar-refractivity contribution in [3.8, 4) is 17.2 Å². The van der Waals surface area contributed by atoms with Crippen molar-refractivity contribution in [1.82, 2.24) is 0 Å². The number of aryl methyl sites for hydroxylation is 1. The van der Waals surface area contributed by atoms with Gasteiger partial charge in [-0.2, -0.15) is 13.2 Å². The maximum absolute atomic E-state index is 13.7. The van der Waals surface area contributed by atoms with Crippen LogP contribution in [0.3, 0.4) is 0 Å². The van der Waals surface area contributed by atoms with Gasteiger partial charge in [-0.1, -0.05) is 19.1 Å². The van der Waals surface area contributed by atoms with E-state index in [0.29, 0.717) is 0 Å². The summed E-state index contributed by atoms with van der Waals surface area (Å²) in [6, 6.07) is 10.1. The molecule has 0 saturated heterocycles. The normalized spacial score (nSPS) is 12.4. The summed E-state index contributed by atoms with van der Waals surface area (Å²) in [4.78, 5) is 24.6. The van der Waals surface area contributed by atoms with E-state index < -0.39 is 35.2 Å². The second-order valence-corrected chi connectivity index (χ2v) is 6.86. The zero-order chi connectivity index (χ0) is 23.5. The van der Waals surface area contributed by atoms with E-state index in [1.54, 1.807) is 19.1 Å². The van der Waals surface area contributed by atoms with E-state index in [-0.39, 0.29) is 29.1 Å². The molecule has 0 unspecified atom stereocenters. The van der Waals surface area contributed by atoms with Crippen LogP contribution in [0.25, 0.3) is 11.0 Å². The molecule has 2 aromatic carbocycles. The molecule has 0 aliphatic carbocycles. The van der Waals surface area contributed by atoms with Gasteiger partial charge in [-0.3, -0.25) is 4.79 Å². The smallest absolute Gasteiger partial charge is 0.453 e. The molecule has 0 amide bonds. The number of carbonyl (C=O) groups is 1. The molecule has 9 heteroatoms. The largest absolute Gasteiger partial charge is 0.479 e. The van der Waals surface area contributed by atoms with Crippen molar-refractivity contribution in [2.24, 2.45) is 0 Å². The van der Waals surface area contributed by atoms with Gasteiger partial charge in [0.1, 0.15) is 17.1 Å². The van der Waals surface area contributed by atoms with Crippen molar-refractivity contribution in [1.29, 1.82) is 0 Å².